The number of likely N-dealkylation sites (tertiary alicyclic amines) is 1. The molecule has 0 spiro atoms. The second kappa shape index (κ2) is 10.3. The third kappa shape index (κ3) is 5.75. The largest absolute Gasteiger partial charge is 0.483 e. The van der Waals surface area contributed by atoms with Gasteiger partial charge in [0.15, 0.2) is 13.2 Å². The monoisotopic (exact) mass is 423 g/mol. The SMILES string of the molecule is O=C1COc2ccccc2CCCC[C@@H]2CN(C(=O)COc3cccnc3)CC[C@H]2N1. The number of nitrogens with zero attached hydrogens (tertiary/aromatic N) is 2. The van der Waals surface area contributed by atoms with Crippen molar-refractivity contribution in [3.63, 3.8) is 0 Å². The lowest BCUT2D eigenvalue weighted by Crippen LogP contribution is -2.53. The van der Waals surface area contributed by atoms with Crippen molar-refractivity contribution in [1.82, 2.24) is 15.2 Å². The number of benzene rings is 1. The second-order valence-electron chi connectivity index (χ2n) is 8.18. The number of ether oxygens (including phenoxy) is 2. The number of piperidine rings is 1. The van der Waals surface area contributed by atoms with E-state index in [-0.39, 0.29) is 37.0 Å². The fourth-order valence-electron chi connectivity index (χ4n) is 4.37. The first kappa shape index (κ1) is 21.2. The average molecular weight is 424 g/mol. The van der Waals surface area contributed by atoms with Gasteiger partial charge in [-0.2, -0.15) is 0 Å². The van der Waals surface area contributed by atoms with E-state index in [1.807, 2.05) is 23.1 Å². The maximum atomic E-state index is 12.7. The Kier molecular flexibility index (Phi) is 7.02. The number of aromatic nitrogens is 1. The highest BCUT2D eigenvalue weighted by Gasteiger charge is 2.32. The summed E-state index contributed by atoms with van der Waals surface area (Å²) in [5.41, 5.74) is 1.14. The van der Waals surface area contributed by atoms with Gasteiger partial charge in [-0.05, 0) is 55.4 Å². The number of para-hydroxylation sites is 1. The Hall–Kier alpha value is -3.09. The molecule has 1 fully saturated rings. The summed E-state index contributed by atoms with van der Waals surface area (Å²) in [6, 6.07) is 11.6. The van der Waals surface area contributed by atoms with Gasteiger partial charge in [-0.25, -0.2) is 0 Å². The number of fused-ring (bicyclic) bond motifs is 2. The summed E-state index contributed by atoms with van der Waals surface area (Å²) < 4.78 is 11.4. The van der Waals surface area contributed by atoms with Gasteiger partial charge in [-0.3, -0.25) is 14.6 Å². The number of rotatable bonds is 3. The van der Waals surface area contributed by atoms with Gasteiger partial charge < -0.3 is 19.7 Å². The first-order valence-corrected chi connectivity index (χ1v) is 11.0. The Morgan fingerprint density at radius 2 is 2.10 bits per heavy atom. The summed E-state index contributed by atoms with van der Waals surface area (Å²) in [5.74, 6) is 1.48. The van der Waals surface area contributed by atoms with Crippen LogP contribution in [-0.2, 0) is 16.0 Å². The van der Waals surface area contributed by atoms with E-state index in [4.69, 9.17) is 9.47 Å². The quantitative estimate of drug-likeness (QED) is 0.821. The zero-order valence-electron chi connectivity index (χ0n) is 17.7. The smallest absolute Gasteiger partial charge is 0.260 e. The molecule has 0 radical (unpaired) electrons. The third-order valence-corrected chi connectivity index (χ3v) is 6.03. The molecule has 0 aliphatic carbocycles. The normalized spacial score (nSPS) is 21.9. The van der Waals surface area contributed by atoms with Crippen LogP contribution < -0.4 is 14.8 Å². The van der Waals surface area contributed by atoms with E-state index in [9.17, 15) is 9.59 Å². The van der Waals surface area contributed by atoms with Gasteiger partial charge in [-0.1, -0.05) is 24.6 Å². The molecule has 4 rings (SSSR count). The Balaban J connectivity index is 1.36. The van der Waals surface area contributed by atoms with Crippen molar-refractivity contribution in [2.24, 2.45) is 5.92 Å². The predicted octanol–water partition coefficient (Wildman–Crippen LogP) is 2.60. The van der Waals surface area contributed by atoms with E-state index in [1.165, 1.54) is 0 Å². The molecule has 1 saturated heterocycles. The van der Waals surface area contributed by atoms with E-state index in [2.05, 4.69) is 16.4 Å². The van der Waals surface area contributed by atoms with Gasteiger partial charge in [0.05, 0.1) is 6.20 Å². The zero-order chi connectivity index (χ0) is 21.5. The summed E-state index contributed by atoms with van der Waals surface area (Å²) in [7, 11) is 0. The van der Waals surface area contributed by atoms with Gasteiger partial charge in [0.2, 0.25) is 0 Å². The van der Waals surface area contributed by atoms with Gasteiger partial charge in [0, 0.05) is 25.3 Å². The highest BCUT2D eigenvalue weighted by molar-refractivity contribution is 5.79. The van der Waals surface area contributed by atoms with Crippen LogP contribution in [0.1, 0.15) is 31.2 Å². The average Bonchev–Trinajstić information content (AvgIpc) is 2.80. The molecule has 1 aromatic heterocycles. The van der Waals surface area contributed by atoms with Crippen LogP contribution in [0.4, 0.5) is 0 Å². The van der Waals surface area contributed by atoms with Crippen molar-refractivity contribution in [1.29, 1.82) is 0 Å². The first-order chi connectivity index (χ1) is 15.2. The maximum Gasteiger partial charge on any atom is 0.260 e. The van der Waals surface area contributed by atoms with Crippen LogP contribution in [0.3, 0.4) is 0 Å². The molecule has 7 heteroatoms. The molecule has 2 amide bonds. The van der Waals surface area contributed by atoms with Crippen molar-refractivity contribution in [3.05, 3.63) is 54.4 Å². The number of hydrogen-bond acceptors (Lipinski definition) is 5. The van der Waals surface area contributed by atoms with Gasteiger partial charge in [0.1, 0.15) is 11.5 Å². The number of carbonyl (C=O) groups excluding carboxylic acids is 2. The van der Waals surface area contributed by atoms with Crippen molar-refractivity contribution < 1.29 is 19.1 Å². The molecular formula is C24H29N3O4. The molecule has 7 nitrogen and oxygen atoms in total. The summed E-state index contributed by atoms with van der Waals surface area (Å²) in [5, 5.41) is 3.14. The van der Waals surface area contributed by atoms with Crippen LogP contribution in [-0.4, -0.2) is 54.0 Å². The van der Waals surface area contributed by atoms with E-state index in [0.29, 0.717) is 18.8 Å². The standard InChI is InChI=1S/C24H29N3O4/c28-23-16-31-22-10-4-3-7-18(22)6-1-2-8-19-15-27(13-11-21(19)26-23)24(29)17-30-20-9-5-12-25-14-20/h3-5,7,9-10,12,14,19,21H,1-2,6,8,11,13,15-17H2,(H,26,28)/t19-,21-/m1/s1. The number of carbonyl (C=O) groups is 2. The molecule has 2 aliphatic rings. The Morgan fingerprint density at radius 1 is 1.19 bits per heavy atom. The number of hydrogen-bond donors (Lipinski definition) is 1. The maximum absolute atomic E-state index is 12.7. The Labute approximate surface area is 182 Å². The van der Waals surface area contributed by atoms with E-state index >= 15 is 0 Å². The van der Waals surface area contributed by atoms with Gasteiger partial charge in [0.25, 0.3) is 11.8 Å². The Bertz CT molecular complexity index is 889. The number of pyridine rings is 1. The lowest BCUT2D eigenvalue weighted by Gasteiger charge is -2.39. The predicted molar refractivity (Wildman–Crippen MR) is 116 cm³/mol. The topological polar surface area (TPSA) is 80.8 Å². The van der Waals surface area contributed by atoms with Crippen LogP contribution in [0, 0.1) is 5.92 Å². The number of amides is 2. The lowest BCUT2D eigenvalue weighted by molar-refractivity contribution is -0.136. The molecule has 0 saturated carbocycles. The molecule has 3 heterocycles. The zero-order valence-corrected chi connectivity index (χ0v) is 17.7. The summed E-state index contributed by atoms with van der Waals surface area (Å²) in [6.45, 7) is 1.26. The second-order valence-corrected chi connectivity index (χ2v) is 8.18. The lowest BCUT2D eigenvalue weighted by atomic mass is 9.87. The fourth-order valence-corrected chi connectivity index (χ4v) is 4.37. The Morgan fingerprint density at radius 3 is 2.97 bits per heavy atom. The van der Waals surface area contributed by atoms with Crippen LogP contribution in [0.25, 0.3) is 0 Å². The van der Waals surface area contributed by atoms with E-state index in [0.717, 1.165) is 43.4 Å². The minimum absolute atomic E-state index is 0.0000627. The molecule has 2 aromatic rings. The fraction of sp³-hybridized carbons (Fsp3) is 0.458. The molecule has 31 heavy (non-hydrogen) atoms. The summed E-state index contributed by atoms with van der Waals surface area (Å²) >= 11 is 0. The van der Waals surface area contributed by atoms with Gasteiger partial charge in [-0.15, -0.1) is 0 Å². The molecule has 0 unspecified atom stereocenters. The summed E-state index contributed by atoms with van der Waals surface area (Å²) in [4.78, 5) is 31.1. The highest BCUT2D eigenvalue weighted by Crippen LogP contribution is 2.26. The van der Waals surface area contributed by atoms with E-state index in [1.54, 1.807) is 24.5 Å². The molecule has 2 aliphatic heterocycles. The molecule has 1 N–H and O–H groups in total. The molecular weight excluding hydrogens is 394 g/mol. The third-order valence-electron chi connectivity index (χ3n) is 6.03. The van der Waals surface area contributed by atoms with Gasteiger partial charge >= 0.3 is 0 Å². The minimum Gasteiger partial charge on any atom is -0.483 e. The minimum atomic E-state index is -0.106. The van der Waals surface area contributed by atoms with Crippen molar-refractivity contribution in [3.8, 4) is 11.5 Å². The van der Waals surface area contributed by atoms with Crippen molar-refractivity contribution in [2.45, 2.75) is 38.1 Å². The first-order valence-electron chi connectivity index (χ1n) is 11.0. The molecule has 2 atom stereocenters. The number of aryl methyl sites for hydroxylation is 1. The van der Waals surface area contributed by atoms with Crippen LogP contribution >= 0.6 is 0 Å². The molecule has 1 aromatic carbocycles. The molecule has 0 bridgehead atoms. The van der Waals surface area contributed by atoms with Crippen molar-refractivity contribution in [2.75, 3.05) is 26.3 Å². The van der Waals surface area contributed by atoms with Crippen LogP contribution in [0.2, 0.25) is 0 Å². The van der Waals surface area contributed by atoms with Crippen LogP contribution in [0.15, 0.2) is 48.8 Å². The molecule has 164 valence electrons. The highest BCUT2D eigenvalue weighted by atomic mass is 16.5. The van der Waals surface area contributed by atoms with Crippen LogP contribution in [0.5, 0.6) is 11.5 Å². The van der Waals surface area contributed by atoms with Crippen molar-refractivity contribution >= 4 is 11.8 Å². The number of nitrogens with one attached hydrogen (secondary N) is 1. The summed E-state index contributed by atoms with van der Waals surface area (Å²) in [6.07, 6.45) is 8.00. The van der Waals surface area contributed by atoms with E-state index < -0.39 is 0 Å².